The molecule has 0 heterocycles. The third kappa shape index (κ3) is 5.67. The highest BCUT2D eigenvalue weighted by Gasteiger charge is 2.06. The van der Waals surface area contributed by atoms with Crippen LogP contribution in [0.3, 0.4) is 0 Å². The van der Waals surface area contributed by atoms with Crippen LogP contribution in [-0.2, 0) is 9.59 Å². The van der Waals surface area contributed by atoms with Crippen LogP contribution in [0.4, 0.5) is 5.69 Å². The Labute approximate surface area is 118 Å². The van der Waals surface area contributed by atoms with Gasteiger partial charge < -0.3 is 5.32 Å². The second kappa shape index (κ2) is 8.12. The summed E-state index contributed by atoms with van der Waals surface area (Å²) in [5.74, 6) is -0.193. The number of hydrogen-bond donors (Lipinski definition) is 3. The smallest absolute Gasteiger partial charge is 0.267 e. The van der Waals surface area contributed by atoms with Crippen molar-refractivity contribution in [2.45, 2.75) is 26.7 Å². The molecule has 0 aromatic heterocycles. The van der Waals surface area contributed by atoms with E-state index in [1.54, 1.807) is 18.2 Å². The van der Waals surface area contributed by atoms with Crippen molar-refractivity contribution in [3.63, 3.8) is 0 Å². The maximum absolute atomic E-state index is 11.8. The summed E-state index contributed by atoms with van der Waals surface area (Å²) in [6, 6.07) is 7.16. The van der Waals surface area contributed by atoms with E-state index in [1.807, 2.05) is 6.07 Å². The summed E-state index contributed by atoms with van der Waals surface area (Å²) in [4.78, 5) is 22.8. The van der Waals surface area contributed by atoms with Crippen LogP contribution in [0.5, 0.6) is 0 Å². The second-order valence-corrected chi connectivity index (χ2v) is 4.88. The summed E-state index contributed by atoms with van der Waals surface area (Å²) in [6.07, 6.45) is 4.02. The monoisotopic (exact) mass is 276 g/mol. The predicted molar refractivity (Wildman–Crippen MR) is 78.1 cm³/mol. The van der Waals surface area contributed by atoms with Crippen LogP contribution in [0.15, 0.2) is 30.3 Å². The van der Waals surface area contributed by atoms with Crippen LogP contribution in [0.1, 0.15) is 32.3 Å². The van der Waals surface area contributed by atoms with Gasteiger partial charge in [0.1, 0.15) is 0 Å². The fourth-order valence-corrected chi connectivity index (χ4v) is 1.59. The number of benzene rings is 1. The molecule has 0 bridgehead atoms. The van der Waals surface area contributed by atoms with Gasteiger partial charge in [0.05, 0.1) is 0 Å². The molecule has 0 atom stereocenters. The minimum Gasteiger partial charge on any atom is -0.326 e. The molecule has 0 saturated heterocycles. The van der Waals surface area contributed by atoms with Gasteiger partial charge in [-0.05, 0) is 30.0 Å². The van der Waals surface area contributed by atoms with E-state index in [1.165, 1.54) is 17.6 Å². The normalized spacial score (nSPS) is 10.8. The first-order valence-electron chi connectivity index (χ1n) is 6.54. The van der Waals surface area contributed by atoms with Gasteiger partial charge in [-0.25, -0.2) is 5.48 Å². The van der Waals surface area contributed by atoms with Gasteiger partial charge in [-0.15, -0.1) is 0 Å². The van der Waals surface area contributed by atoms with E-state index in [9.17, 15) is 9.59 Å². The van der Waals surface area contributed by atoms with Crippen LogP contribution >= 0.6 is 0 Å². The van der Waals surface area contributed by atoms with Crippen LogP contribution in [0.2, 0.25) is 0 Å². The van der Waals surface area contributed by atoms with Crippen molar-refractivity contribution in [1.29, 1.82) is 0 Å². The van der Waals surface area contributed by atoms with E-state index in [-0.39, 0.29) is 5.91 Å². The van der Waals surface area contributed by atoms with Crippen molar-refractivity contribution in [1.82, 2.24) is 5.48 Å². The number of carbonyl (C=O) groups is 2. The first-order valence-corrected chi connectivity index (χ1v) is 6.54. The molecule has 5 nitrogen and oxygen atoms in total. The number of hydroxylamine groups is 1. The molecule has 0 aliphatic carbocycles. The van der Waals surface area contributed by atoms with Crippen LogP contribution in [0.25, 0.3) is 6.08 Å². The Morgan fingerprint density at radius 2 is 2.00 bits per heavy atom. The van der Waals surface area contributed by atoms with Gasteiger partial charge in [-0.2, -0.15) is 0 Å². The summed E-state index contributed by atoms with van der Waals surface area (Å²) in [6.45, 7) is 4.13. The zero-order valence-corrected chi connectivity index (χ0v) is 11.7. The van der Waals surface area contributed by atoms with Crippen molar-refractivity contribution in [3.05, 3.63) is 35.9 Å². The molecular weight excluding hydrogens is 256 g/mol. The summed E-state index contributed by atoms with van der Waals surface area (Å²) >= 11 is 0. The lowest BCUT2D eigenvalue weighted by Gasteiger charge is -2.09. The van der Waals surface area contributed by atoms with Gasteiger partial charge in [0.15, 0.2) is 0 Å². The van der Waals surface area contributed by atoms with Crippen molar-refractivity contribution in [3.8, 4) is 0 Å². The number of hydrogen-bond acceptors (Lipinski definition) is 3. The third-order valence-corrected chi connectivity index (χ3v) is 2.71. The SMILES string of the molecule is CC(C)CCC(=O)Nc1ccccc1C=CC(=O)NO. The summed E-state index contributed by atoms with van der Waals surface area (Å²) in [5.41, 5.74) is 2.86. The van der Waals surface area contributed by atoms with Crippen molar-refractivity contribution in [2.24, 2.45) is 5.92 Å². The topological polar surface area (TPSA) is 78.4 Å². The average molecular weight is 276 g/mol. The number of nitrogens with one attached hydrogen (secondary N) is 2. The minimum atomic E-state index is -0.620. The molecule has 0 saturated carbocycles. The molecule has 0 fully saturated rings. The summed E-state index contributed by atoms with van der Waals surface area (Å²) < 4.78 is 0. The quantitative estimate of drug-likeness (QED) is 0.424. The van der Waals surface area contributed by atoms with Gasteiger partial charge >= 0.3 is 0 Å². The Morgan fingerprint density at radius 3 is 2.65 bits per heavy atom. The molecule has 1 aromatic carbocycles. The molecule has 0 aliphatic heterocycles. The molecule has 0 unspecified atom stereocenters. The van der Waals surface area contributed by atoms with Gasteiger partial charge in [-0.3, -0.25) is 14.8 Å². The highest BCUT2D eigenvalue weighted by atomic mass is 16.5. The van der Waals surface area contributed by atoms with E-state index in [4.69, 9.17) is 5.21 Å². The molecule has 0 radical (unpaired) electrons. The number of rotatable bonds is 6. The largest absolute Gasteiger partial charge is 0.326 e. The lowest BCUT2D eigenvalue weighted by atomic mass is 10.1. The molecule has 5 heteroatoms. The standard InChI is InChI=1S/C15H20N2O3/c1-11(2)7-9-14(18)16-13-6-4-3-5-12(13)8-10-15(19)17-20/h3-6,8,10-11,20H,7,9H2,1-2H3,(H,16,18)(H,17,19). The van der Waals surface area contributed by atoms with E-state index in [2.05, 4.69) is 19.2 Å². The molecule has 20 heavy (non-hydrogen) atoms. The van der Waals surface area contributed by atoms with E-state index >= 15 is 0 Å². The maximum Gasteiger partial charge on any atom is 0.267 e. The average Bonchev–Trinajstić information content (AvgIpc) is 2.43. The van der Waals surface area contributed by atoms with Gasteiger partial charge in [-0.1, -0.05) is 32.0 Å². The molecule has 108 valence electrons. The number of para-hydroxylation sites is 1. The Kier molecular flexibility index (Phi) is 6.46. The predicted octanol–water partition coefficient (Wildman–Crippen LogP) is 2.58. The highest BCUT2D eigenvalue weighted by molar-refractivity contribution is 5.95. The fourth-order valence-electron chi connectivity index (χ4n) is 1.59. The van der Waals surface area contributed by atoms with Crippen molar-refractivity contribution < 1.29 is 14.8 Å². The number of carbonyl (C=O) groups excluding carboxylic acids is 2. The maximum atomic E-state index is 11.8. The molecular formula is C15H20N2O3. The Bertz CT molecular complexity index is 496. The van der Waals surface area contributed by atoms with E-state index in [0.29, 0.717) is 23.6 Å². The molecule has 0 spiro atoms. The van der Waals surface area contributed by atoms with Crippen LogP contribution in [-0.4, -0.2) is 17.0 Å². The minimum absolute atomic E-state index is 0.0499. The molecule has 1 rings (SSSR count). The summed E-state index contributed by atoms with van der Waals surface area (Å²) in [5, 5.41) is 11.3. The van der Waals surface area contributed by atoms with Crippen molar-refractivity contribution in [2.75, 3.05) is 5.32 Å². The number of anilines is 1. The number of amides is 2. The molecule has 0 aliphatic rings. The summed E-state index contributed by atoms with van der Waals surface area (Å²) in [7, 11) is 0. The molecule has 2 amide bonds. The van der Waals surface area contributed by atoms with E-state index in [0.717, 1.165) is 6.42 Å². The van der Waals surface area contributed by atoms with Gasteiger partial charge in [0.2, 0.25) is 5.91 Å². The van der Waals surface area contributed by atoms with Gasteiger partial charge in [0, 0.05) is 18.2 Å². The van der Waals surface area contributed by atoms with Gasteiger partial charge in [0.25, 0.3) is 5.91 Å². The van der Waals surface area contributed by atoms with Crippen LogP contribution < -0.4 is 10.8 Å². The third-order valence-electron chi connectivity index (χ3n) is 2.71. The van der Waals surface area contributed by atoms with Crippen molar-refractivity contribution >= 4 is 23.6 Å². The Hall–Kier alpha value is -2.14. The Morgan fingerprint density at radius 1 is 1.30 bits per heavy atom. The highest BCUT2D eigenvalue weighted by Crippen LogP contribution is 2.17. The second-order valence-electron chi connectivity index (χ2n) is 4.88. The lowest BCUT2D eigenvalue weighted by molar-refractivity contribution is -0.124. The lowest BCUT2D eigenvalue weighted by Crippen LogP contribution is -2.15. The Balaban J connectivity index is 2.72. The molecule has 1 aromatic rings. The molecule has 3 N–H and O–H groups in total. The zero-order chi connectivity index (χ0) is 15.0. The fraction of sp³-hybridized carbons (Fsp3) is 0.333. The zero-order valence-electron chi connectivity index (χ0n) is 11.7. The van der Waals surface area contributed by atoms with E-state index < -0.39 is 5.91 Å². The first-order chi connectivity index (χ1) is 9.52. The van der Waals surface area contributed by atoms with Crippen LogP contribution in [0, 0.1) is 5.92 Å². The first kappa shape index (κ1) is 15.9.